The number of carbonyl (C=O) groups is 2. The number of sulfonamides is 1. The molecule has 236 valence electrons. The van der Waals surface area contributed by atoms with Crippen LogP contribution in [-0.2, 0) is 32.6 Å². The maximum Gasteiger partial charge on any atom is 0.264 e. The lowest BCUT2D eigenvalue weighted by Crippen LogP contribution is -2.54. The van der Waals surface area contributed by atoms with Gasteiger partial charge in [-0.25, -0.2) is 8.42 Å². The molecule has 0 saturated heterocycles. The van der Waals surface area contributed by atoms with Gasteiger partial charge in [-0.1, -0.05) is 98.9 Å². The Morgan fingerprint density at radius 1 is 0.800 bits per heavy atom. The van der Waals surface area contributed by atoms with Crippen LogP contribution in [0, 0.1) is 6.92 Å². The Hall–Kier alpha value is -3.47. The van der Waals surface area contributed by atoms with Gasteiger partial charge in [0.1, 0.15) is 12.6 Å². The second kappa shape index (κ2) is 15.7. The van der Waals surface area contributed by atoms with Crippen molar-refractivity contribution in [2.75, 3.05) is 10.8 Å². The maximum absolute atomic E-state index is 14.5. The van der Waals surface area contributed by atoms with E-state index in [1.54, 1.807) is 48.5 Å². The summed E-state index contributed by atoms with van der Waals surface area (Å²) < 4.78 is 31.0. The molecule has 0 spiro atoms. The molecule has 45 heavy (non-hydrogen) atoms. The Morgan fingerprint density at radius 3 is 1.96 bits per heavy atom. The normalized spacial score (nSPS) is 12.6. The summed E-state index contributed by atoms with van der Waals surface area (Å²) in [7, 11) is -4.15. The van der Waals surface area contributed by atoms with Crippen LogP contribution in [-0.4, -0.2) is 43.8 Å². The lowest BCUT2D eigenvalue weighted by molar-refractivity contribution is -0.140. The molecular formula is C35H37Br2N3O4S. The topological polar surface area (TPSA) is 86.8 Å². The quantitative estimate of drug-likeness (QED) is 0.156. The highest BCUT2D eigenvalue weighted by atomic mass is 79.9. The van der Waals surface area contributed by atoms with Crippen LogP contribution in [0.25, 0.3) is 0 Å². The van der Waals surface area contributed by atoms with Crippen LogP contribution in [0.2, 0.25) is 0 Å². The second-order valence-electron chi connectivity index (χ2n) is 11.0. The smallest absolute Gasteiger partial charge is 0.264 e. The zero-order valence-electron chi connectivity index (χ0n) is 25.5. The fourth-order valence-electron chi connectivity index (χ4n) is 4.76. The second-order valence-corrected chi connectivity index (χ2v) is 14.7. The van der Waals surface area contributed by atoms with Crippen LogP contribution in [0.4, 0.5) is 5.69 Å². The number of halogens is 2. The highest BCUT2D eigenvalue weighted by Gasteiger charge is 2.35. The number of carbonyl (C=O) groups excluding carboxylic acids is 2. The van der Waals surface area contributed by atoms with Gasteiger partial charge < -0.3 is 10.2 Å². The van der Waals surface area contributed by atoms with Gasteiger partial charge in [-0.05, 0) is 79.9 Å². The molecule has 2 unspecified atom stereocenters. The van der Waals surface area contributed by atoms with Gasteiger partial charge in [-0.15, -0.1) is 0 Å². The van der Waals surface area contributed by atoms with Gasteiger partial charge in [0.05, 0.1) is 10.6 Å². The van der Waals surface area contributed by atoms with Gasteiger partial charge in [0.15, 0.2) is 0 Å². The van der Waals surface area contributed by atoms with Crippen molar-refractivity contribution >= 4 is 59.4 Å². The molecule has 4 rings (SSSR count). The molecule has 0 fully saturated rings. The summed E-state index contributed by atoms with van der Waals surface area (Å²) >= 11 is 6.88. The monoisotopic (exact) mass is 753 g/mol. The van der Waals surface area contributed by atoms with Gasteiger partial charge in [0.25, 0.3) is 10.0 Å². The number of hydrogen-bond donors (Lipinski definition) is 1. The zero-order valence-corrected chi connectivity index (χ0v) is 29.5. The van der Waals surface area contributed by atoms with Crippen LogP contribution < -0.4 is 9.62 Å². The SMILES string of the molecule is CCC(C)NC(=O)C(Cc1ccccc1)N(Cc1ccc(Br)cc1)C(=O)CN(c1ccc(Br)cc1)S(=O)(=O)c1ccc(C)cc1. The Labute approximate surface area is 283 Å². The first kappa shape index (κ1) is 34.4. The third kappa shape index (κ3) is 9.28. The molecule has 0 aliphatic heterocycles. The molecule has 0 aromatic heterocycles. The van der Waals surface area contributed by atoms with Gasteiger partial charge in [-0.2, -0.15) is 0 Å². The van der Waals surface area contributed by atoms with E-state index in [1.807, 2.05) is 75.4 Å². The van der Waals surface area contributed by atoms with E-state index in [0.29, 0.717) is 5.69 Å². The molecule has 4 aromatic rings. The van der Waals surface area contributed by atoms with Crippen molar-refractivity contribution in [1.29, 1.82) is 0 Å². The predicted octanol–water partition coefficient (Wildman–Crippen LogP) is 7.27. The van der Waals surface area contributed by atoms with Gasteiger partial charge in [0.2, 0.25) is 11.8 Å². The lowest BCUT2D eigenvalue weighted by atomic mass is 10.0. The first-order valence-electron chi connectivity index (χ1n) is 14.7. The standard InChI is InChI=1S/C35H37Br2N3O4S/c1-4-26(3)38-35(42)33(22-27-8-6-5-7-9-27)39(23-28-12-14-29(36)15-13-28)34(41)24-40(31-18-16-30(37)17-19-31)45(43,44)32-20-10-25(2)11-21-32/h5-21,26,33H,4,22-24H2,1-3H3,(H,38,42). The number of hydrogen-bond acceptors (Lipinski definition) is 4. The fourth-order valence-corrected chi connectivity index (χ4v) is 6.70. The average molecular weight is 756 g/mol. The van der Waals surface area contributed by atoms with Gasteiger partial charge in [-0.3, -0.25) is 13.9 Å². The van der Waals surface area contributed by atoms with Crippen molar-refractivity contribution < 1.29 is 18.0 Å². The number of anilines is 1. The van der Waals surface area contributed by atoms with Gasteiger partial charge in [0, 0.05) is 28.0 Å². The Kier molecular flexibility index (Phi) is 12.0. The predicted molar refractivity (Wildman–Crippen MR) is 186 cm³/mol. The van der Waals surface area contributed by atoms with Crippen LogP contribution in [0.1, 0.15) is 37.0 Å². The first-order valence-corrected chi connectivity index (χ1v) is 17.7. The number of aryl methyl sites for hydroxylation is 1. The van der Waals surface area contributed by atoms with Crippen molar-refractivity contribution in [2.45, 2.75) is 57.1 Å². The minimum absolute atomic E-state index is 0.0682. The number of nitrogens with one attached hydrogen (secondary N) is 1. The largest absolute Gasteiger partial charge is 0.352 e. The van der Waals surface area contributed by atoms with E-state index in [4.69, 9.17) is 0 Å². The van der Waals surface area contributed by atoms with Crippen LogP contribution in [0.5, 0.6) is 0 Å². The summed E-state index contributed by atoms with van der Waals surface area (Å²) in [6.45, 7) is 5.38. The minimum Gasteiger partial charge on any atom is -0.352 e. The van der Waals surface area contributed by atoms with Crippen molar-refractivity contribution in [1.82, 2.24) is 10.2 Å². The van der Waals surface area contributed by atoms with Crippen molar-refractivity contribution in [2.24, 2.45) is 0 Å². The lowest BCUT2D eigenvalue weighted by Gasteiger charge is -2.34. The summed E-state index contributed by atoms with van der Waals surface area (Å²) in [6.07, 6.45) is 0.977. The van der Waals surface area contributed by atoms with E-state index in [-0.39, 0.29) is 29.8 Å². The van der Waals surface area contributed by atoms with E-state index in [9.17, 15) is 18.0 Å². The van der Waals surface area contributed by atoms with E-state index in [1.165, 1.54) is 4.90 Å². The molecule has 2 amide bonds. The number of benzene rings is 4. The highest BCUT2D eigenvalue weighted by Crippen LogP contribution is 2.27. The molecule has 0 aliphatic rings. The molecule has 1 N–H and O–H groups in total. The van der Waals surface area contributed by atoms with E-state index >= 15 is 0 Å². The maximum atomic E-state index is 14.5. The molecule has 2 atom stereocenters. The van der Waals surface area contributed by atoms with Crippen molar-refractivity contribution in [3.8, 4) is 0 Å². The number of rotatable bonds is 13. The summed E-state index contributed by atoms with van der Waals surface area (Å²) in [5, 5.41) is 3.06. The zero-order chi connectivity index (χ0) is 32.6. The summed E-state index contributed by atoms with van der Waals surface area (Å²) in [6, 6.07) is 29.3. The van der Waals surface area contributed by atoms with E-state index in [0.717, 1.165) is 36.4 Å². The number of nitrogens with zero attached hydrogens (tertiary/aromatic N) is 2. The molecule has 4 aromatic carbocycles. The third-order valence-electron chi connectivity index (χ3n) is 7.54. The number of amides is 2. The summed E-state index contributed by atoms with van der Waals surface area (Å²) in [5.74, 6) is -0.799. The van der Waals surface area contributed by atoms with Gasteiger partial charge >= 0.3 is 0 Å². The van der Waals surface area contributed by atoms with Crippen molar-refractivity contribution in [3.63, 3.8) is 0 Å². The Bertz CT molecular complexity index is 1680. The van der Waals surface area contributed by atoms with Crippen LogP contribution >= 0.6 is 31.9 Å². The fraction of sp³-hybridized carbons (Fsp3) is 0.257. The van der Waals surface area contributed by atoms with Crippen LogP contribution in [0.15, 0.2) is 117 Å². The molecular weight excluding hydrogens is 718 g/mol. The van der Waals surface area contributed by atoms with E-state index in [2.05, 4.69) is 37.2 Å². The molecule has 0 aliphatic carbocycles. The summed E-state index contributed by atoms with van der Waals surface area (Å²) in [5.41, 5.74) is 2.93. The first-order chi connectivity index (χ1) is 21.5. The van der Waals surface area contributed by atoms with E-state index < -0.39 is 28.5 Å². The Balaban J connectivity index is 1.80. The third-order valence-corrected chi connectivity index (χ3v) is 10.4. The highest BCUT2D eigenvalue weighted by molar-refractivity contribution is 9.10. The average Bonchev–Trinajstić information content (AvgIpc) is 3.03. The minimum atomic E-state index is -4.15. The van der Waals surface area contributed by atoms with Crippen LogP contribution in [0.3, 0.4) is 0 Å². The molecule has 10 heteroatoms. The van der Waals surface area contributed by atoms with Crippen molar-refractivity contribution in [3.05, 3.63) is 129 Å². The Morgan fingerprint density at radius 2 is 1.38 bits per heavy atom. The molecule has 7 nitrogen and oxygen atoms in total. The molecule has 0 saturated carbocycles. The molecule has 0 bridgehead atoms. The molecule has 0 heterocycles. The summed E-state index contributed by atoms with van der Waals surface area (Å²) in [4.78, 5) is 30.0. The molecule has 0 radical (unpaired) electrons.